The van der Waals surface area contributed by atoms with Crippen molar-refractivity contribution in [2.24, 2.45) is 15.6 Å². The molecule has 0 aromatic heterocycles. The van der Waals surface area contributed by atoms with E-state index in [-0.39, 0.29) is 24.3 Å². The van der Waals surface area contributed by atoms with Crippen molar-refractivity contribution in [3.8, 4) is 0 Å². The summed E-state index contributed by atoms with van der Waals surface area (Å²) in [5.41, 5.74) is 2.15. The number of hydrogen-bond acceptors (Lipinski definition) is 4. The Morgan fingerprint density at radius 2 is 1.32 bits per heavy atom. The predicted octanol–water partition coefficient (Wildman–Crippen LogP) is 4.18. The van der Waals surface area contributed by atoms with E-state index < -0.39 is 22.7 Å². The Hall–Kier alpha value is -3.67. The molecule has 2 aliphatic heterocycles. The van der Waals surface area contributed by atoms with Gasteiger partial charge in [0, 0.05) is 11.8 Å². The van der Waals surface area contributed by atoms with Gasteiger partial charge in [0.15, 0.2) is 5.54 Å². The standard InChI is InChI=1S/C25H16FN3O2/c26-14-9-11-15(12-10-14)29-22(30)24-13-27-28-25(24,23(29)31)21-18-7-3-1-5-16(18)20(24)17-6-2-4-8-19(17)21/h1-12,20-21H,13H2. The Morgan fingerprint density at radius 1 is 0.774 bits per heavy atom. The van der Waals surface area contributed by atoms with Crippen LogP contribution in [-0.4, -0.2) is 23.9 Å². The quantitative estimate of drug-likeness (QED) is 0.566. The van der Waals surface area contributed by atoms with Crippen LogP contribution >= 0.6 is 0 Å². The zero-order valence-electron chi connectivity index (χ0n) is 16.3. The number of amides is 2. The zero-order chi connectivity index (χ0) is 21.0. The largest absolute Gasteiger partial charge is 0.273 e. The molecule has 1 saturated heterocycles. The minimum absolute atomic E-state index is 0.166. The van der Waals surface area contributed by atoms with Gasteiger partial charge in [-0.15, -0.1) is 0 Å². The van der Waals surface area contributed by atoms with Gasteiger partial charge in [0.1, 0.15) is 11.2 Å². The third kappa shape index (κ3) is 1.65. The molecular formula is C25H16FN3O2. The van der Waals surface area contributed by atoms with Gasteiger partial charge in [-0.1, -0.05) is 48.5 Å². The van der Waals surface area contributed by atoms with E-state index in [0.29, 0.717) is 5.69 Å². The third-order valence-electron chi connectivity index (χ3n) is 7.57. The van der Waals surface area contributed by atoms with E-state index >= 15 is 0 Å². The molecule has 2 heterocycles. The third-order valence-corrected chi connectivity index (χ3v) is 7.57. The van der Waals surface area contributed by atoms with Gasteiger partial charge >= 0.3 is 0 Å². The highest BCUT2D eigenvalue weighted by Crippen LogP contribution is 2.72. The summed E-state index contributed by atoms with van der Waals surface area (Å²) < 4.78 is 13.6. The zero-order valence-corrected chi connectivity index (χ0v) is 16.3. The molecule has 1 fully saturated rings. The Kier molecular flexibility index (Phi) is 2.93. The van der Waals surface area contributed by atoms with E-state index in [1.165, 1.54) is 29.2 Å². The van der Waals surface area contributed by atoms with Gasteiger partial charge < -0.3 is 0 Å². The lowest BCUT2D eigenvalue weighted by Crippen LogP contribution is -2.61. The van der Waals surface area contributed by atoms with Gasteiger partial charge in [0.25, 0.3) is 5.91 Å². The van der Waals surface area contributed by atoms with E-state index in [9.17, 15) is 14.0 Å². The van der Waals surface area contributed by atoms with E-state index in [2.05, 4.69) is 22.4 Å². The molecule has 2 bridgehead atoms. The first-order valence-electron chi connectivity index (χ1n) is 10.3. The molecule has 3 aliphatic carbocycles. The van der Waals surface area contributed by atoms with Gasteiger partial charge in [-0.25, -0.2) is 9.29 Å². The summed E-state index contributed by atoms with van der Waals surface area (Å²) in [5.74, 6) is -1.80. The monoisotopic (exact) mass is 409 g/mol. The highest BCUT2D eigenvalue weighted by Gasteiger charge is 2.82. The number of azo groups is 1. The molecule has 150 valence electrons. The molecule has 3 aromatic carbocycles. The van der Waals surface area contributed by atoms with Gasteiger partial charge in [-0.05, 0) is 46.5 Å². The van der Waals surface area contributed by atoms with Crippen molar-refractivity contribution in [1.29, 1.82) is 0 Å². The smallest absolute Gasteiger partial charge is 0.265 e. The fourth-order valence-corrected chi connectivity index (χ4v) is 6.48. The summed E-state index contributed by atoms with van der Waals surface area (Å²) in [7, 11) is 0. The number of anilines is 1. The van der Waals surface area contributed by atoms with Crippen LogP contribution in [0.1, 0.15) is 34.1 Å². The molecule has 31 heavy (non-hydrogen) atoms. The fraction of sp³-hybridized carbons (Fsp3) is 0.200. The van der Waals surface area contributed by atoms with Crippen LogP contribution in [0.3, 0.4) is 0 Å². The molecule has 2 amide bonds. The molecule has 0 spiro atoms. The number of nitrogens with zero attached hydrogens (tertiary/aromatic N) is 3. The van der Waals surface area contributed by atoms with Crippen LogP contribution in [0.2, 0.25) is 0 Å². The van der Waals surface area contributed by atoms with Crippen molar-refractivity contribution in [3.63, 3.8) is 0 Å². The second kappa shape index (κ2) is 5.32. The molecule has 8 rings (SSSR count). The molecule has 5 nitrogen and oxygen atoms in total. The van der Waals surface area contributed by atoms with E-state index in [1.54, 1.807) is 0 Å². The number of rotatable bonds is 1. The van der Waals surface area contributed by atoms with Crippen LogP contribution in [0.4, 0.5) is 10.1 Å². The first kappa shape index (κ1) is 17.1. The number of hydrogen-bond donors (Lipinski definition) is 0. The molecule has 6 heteroatoms. The van der Waals surface area contributed by atoms with Gasteiger partial charge in [-0.3, -0.25) is 9.59 Å². The van der Waals surface area contributed by atoms with Crippen molar-refractivity contribution in [3.05, 3.63) is 101 Å². The number of halogens is 1. The summed E-state index contributed by atoms with van der Waals surface area (Å²) in [4.78, 5) is 29.5. The summed E-state index contributed by atoms with van der Waals surface area (Å²) in [6.07, 6.45) is 0. The van der Waals surface area contributed by atoms with Gasteiger partial charge in [-0.2, -0.15) is 10.2 Å². The highest BCUT2D eigenvalue weighted by molar-refractivity contribution is 6.29. The van der Waals surface area contributed by atoms with Crippen molar-refractivity contribution >= 4 is 17.5 Å². The second-order valence-corrected chi connectivity index (χ2v) is 8.68. The Balaban J connectivity index is 1.57. The average Bonchev–Trinajstić information content (AvgIpc) is 3.30. The van der Waals surface area contributed by atoms with Crippen LogP contribution in [0.5, 0.6) is 0 Å². The van der Waals surface area contributed by atoms with E-state index in [4.69, 9.17) is 0 Å². The molecule has 3 aromatic rings. The molecule has 5 aliphatic rings. The van der Waals surface area contributed by atoms with Crippen molar-refractivity contribution < 1.29 is 14.0 Å². The first-order valence-corrected chi connectivity index (χ1v) is 10.3. The van der Waals surface area contributed by atoms with E-state index in [0.717, 1.165) is 22.3 Å². The van der Waals surface area contributed by atoms with Crippen LogP contribution in [0.25, 0.3) is 0 Å². The summed E-state index contributed by atoms with van der Waals surface area (Å²) in [5, 5.41) is 8.93. The molecule has 0 N–H and O–H groups in total. The maximum atomic E-state index is 14.1. The number of carbonyl (C=O) groups excluding carboxylic acids is 2. The van der Waals surface area contributed by atoms with Crippen LogP contribution in [0, 0.1) is 11.2 Å². The Morgan fingerprint density at radius 3 is 1.90 bits per heavy atom. The van der Waals surface area contributed by atoms with E-state index in [1.807, 2.05) is 36.4 Å². The fourth-order valence-electron chi connectivity index (χ4n) is 6.48. The molecule has 0 saturated carbocycles. The minimum Gasteiger partial charge on any atom is -0.273 e. The SMILES string of the molecule is O=C1N(c2ccc(F)cc2)C(=O)C23N=NCC12C1c2ccccc2C3c2ccccc21. The maximum Gasteiger partial charge on any atom is 0.265 e. The lowest BCUT2D eigenvalue weighted by atomic mass is 9.45. The molecule has 2 atom stereocenters. The summed E-state index contributed by atoms with van der Waals surface area (Å²) in [6, 6.07) is 21.5. The van der Waals surface area contributed by atoms with Crippen molar-refractivity contribution in [2.75, 3.05) is 11.4 Å². The molecular weight excluding hydrogens is 393 g/mol. The minimum atomic E-state index is -1.31. The summed E-state index contributed by atoms with van der Waals surface area (Å²) >= 11 is 0. The Labute approximate surface area is 177 Å². The van der Waals surface area contributed by atoms with Crippen LogP contribution in [0.15, 0.2) is 83.0 Å². The Bertz CT molecular complexity index is 1300. The highest BCUT2D eigenvalue weighted by atomic mass is 19.1. The normalized spacial score (nSPS) is 31.5. The average molecular weight is 409 g/mol. The second-order valence-electron chi connectivity index (χ2n) is 8.68. The molecule has 2 unspecified atom stereocenters. The maximum absolute atomic E-state index is 14.1. The van der Waals surface area contributed by atoms with Gasteiger partial charge in [0.05, 0.1) is 12.2 Å². The number of benzene rings is 3. The van der Waals surface area contributed by atoms with Crippen molar-refractivity contribution in [1.82, 2.24) is 0 Å². The van der Waals surface area contributed by atoms with Crippen LogP contribution in [-0.2, 0) is 9.59 Å². The summed E-state index contributed by atoms with van der Waals surface area (Å²) in [6.45, 7) is 0.166. The number of imide groups is 1. The molecule has 0 radical (unpaired) electrons. The number of carbonyl (C=O) groups is 2. The lowest BCUT2D eigenvalue weighted by molar-refractivity contribution is -0.129. The van der Waals surface area contributed by atoms with Crippen molar-refractivity contribution in [2.45, 2.75) is 17.4 Å². The van der Waals surface area contributed by atoms with Gasteiger partial charge in [0.2, 0.25) is 5.91 Å². The first-order chi connectivity index (χ1) is 15.1. The lowest BCUT2D eigenvalue weighted by Gasteiger charge is -2.54. The van der Waals surface area contributed by atoms with Crippen LogP contribution < -0.4 is 4.90 Å². The topological polar surface area (TPSA) is 62.1 Å². The predicted molar refractivity (Wildman–Crippen MR) is 110 cm³/mol.